The van der Waals surface area contributed by atoms with Gasteiger partial charge >= 0.3 is 12.1 Å². The minimum atomic E-state index is -4.58. The number of nitrogens with two attached hydrogens (primary N) is 1. The molecule has 1 fully saturated rings. The molecule has 0 bridgehead atoms. The van der Waals surface area contributed by atoms with Gasteiger partial charge in [0.25, 0.3) is 5.91 Å². The number of carbonyl (C=O) groups excluding carboxylic acids is 3. The van der Waals surface area contributed by atoms with Crippen molar-refractivity contribution >= 4 is 39.2 Å². The summed E-state index contributed by atoms with van der Waals surface area (Å²) < 4.78 is 66.5. The van der Waals surface area contributed by atoms with Gasteiger partial charge in [0.15, 0.2) is 6.10 Å². The SMILES string of the molecule is C[C@@H](OC(=O)[C@@H]1CC(=O)N(c2cccc(C(F)(F)F)c2)C1)C(=O)Nc1ccc(S(N)(=O)=O)cc1. The topological polar surface area (TPSA) is 136 Å². The number of amides is 2. The lowest BCUT2D eigenvalue weighted by molar-refractivity contribution is -0.157. The number of rotatable bonds is 6. The summed E-state index contributed by atoms with van der Waals surface area (Å²) in [6.07, 6.45) is -6.12. The number of benzene rings is 2. The standard InChI is InChI=1S/C21H20F3N3O6S/c1-12(19(29)26-15-5-7-17(8-6-15)34(25,31)32)33-20(30)13-9-18(28)27(11-13)16-4-2-3-14(10-16)21(22,23)24/h2-8,10,12-13H,9,11H2,1H3,(H,26,29)(H2,25,31,32)/t12-,13-/m1/s1. The van der Waals surface area contributed by atoms with Crippen LogP contribution >= 0.6 is 0 Å². The maximum Gasteiger partial charge on any atom is 0.416 e. The molecule has 0 radical (unpaired) electrons. The van der Waals surface area contributed by atoms with Crippen LogP contribution in [-0.2, 0) is 35.3 Å². The molecule has 1 aliphatic heterocycles. The third-order valence-electron chi connectivity index (χ3n) is 5.06. The molecular formula is C21H20F3N3O6S. The molecule has 0 aromatic heterocycles. The molecule has 2 aromatic carbocycles. The van der Waals surface area contributed by atoms with Crippen molar-refractivity contribution in [3.8, 4) is 0 Å². The first-order valence-corrected chi connectivity index (χ1v) is 11.4. The predicted molar refractivity (Wildman–Crippen MR) is 114 cm³/mol. The van der Waals surface area contributed by atoms with E-state index in [1.807, 2.05) is 0 Å². The molecule has 0 saturated carbocycles. The average molecular weight is 499 g/mol. The summed E-state index contributed by atoms with van der Waals surface area (Å²) in [6, 6.07) is 9.17. The van der Waals surface area contributed by atoms with E-state index in [1.54, 1.807) is 0 Å². The Morgan fingerprint density at radius 1 is 1.18 bits per heavy atom. The number of anilines is 2. The van der Waals surface area contributed by atoms with E-state index in [2.05, 4.69) is 5.32 Å². The zero-order valence-corrected chi connectivity index (χ0v) is 18.5. The Kier molecular flexibility index (Phi) is 6.98. The van der Waals surface area contributed by atoms with Gasteiger partial charge in [-0.2, -0.15) is 13.2 Å². The van der Waals surface area contributed by atoms with Crippen molar-refractivity contribution in [2.75, 3.05) is 16.8 Å². The minimum absolute atomic E-state index is 0.00357. The van der Waals surface area contributed by atoms with Crippen LogP contribution in [0.5, 0.6) is 0 Å². The van der Waals surface area contributed by atoms with Gasteiger partial charge in [0.05, 0.1) is 16.4 Å². The normalized spacial score (nSPS) is 17.4. The molecule has 3 N–H and O–H groups in total. The molecule has 0 spiro atoms. The van der Waals surface area contributed by atoms with Gasteiger partial charge in [0.1, 0.15) is 0 Å². The Morgan fingerprint density at radius 3 is 2.41 bits per heavy atom. The fourth-order valence-electron chi connectivity index (χ4n) is 3.26. The summed E-state index contributed by atoms with van der Waals surface area (Å²) in [5.41, 5.74) is -0.692. The second-order valence-corrected chi connectivity index (χ2v) is 9.15. The van der Waals surface area contributed by atoms with Crippen LogP contribution < -0.4 is 15.4 Å². The zero-order valence-electron chi connectivity index (χ0n) is 17.7. The molecule has 1 heterocycles. The van der Waals surface area contributed by atoms with Crippen molar-refractivity contribution in [1.82, 2.24) is 0 Å². The van der Waals surface area contributed by atoms with Crippen molar-refractivity contribution in [2.45, 2.75) is 30.5 Å². The summed E-state index contributed by atoms with van der Waals surface area (Å²) >= 11 is 0. The van der Waals surface area contributed by atoms with E-state index in [0.29, 0.717) is 0 Å². The lowest BCUT2D eigenvalue weighted by atomic mass is 10.1. The van der Waals surface area contributed by atoms with Crippen molar-refractivity contribution < 1.29 is 40.7 Å². The molecule has 13 heteroatoms. The Bertz CT molecular complexity index is 1220. The monoisotopic (exact) mass is 499 g/mol. The average Bonchev–Trinajstić information content (AvgIpc) is 3.14. The van der Waals surface area contributed by atoms with Gasteiger partial charge in [0.2, 0.25) is 15.9 Å². The molecule has 2 amide bonds. The number of alkyl halides is 3. The Morgan fingerprint density at radius 2 is 1.82 bits per heavy atom. The van der Waals surface area contributed by atoms with Crippen LogP contribution in [0.2, 0.25) is 0 Å². The molecule has 2 atom stereocenters. The van der Waals surface area contributed by atoms with Crippen LogP contribution in [0.3, 0.4) is 0 Å². The van der Waals surface area contributed by atoms with E-state index in [1.165, 1.54) is 43.3 Å². The number of carbonyl (C=O) groups is 3. The number of halogens is 3. The molecule has 182 valence electrons. The van der Waals surface area contributed by atoms with E-state index in [0.717, 1.165) is 17.0 Å². The minimum Gasteiger partial charge on any atom is -0.452 e. The lowest BCUT2D eigenvalue weighted by Crippen LogP contribution is -2.33. The summed E-state index contributed by atoms with van der Waals surface area (Å²) in [6.45, 7) is 1.11. The second-order valence-electron chi connectivity index (χ2n) is 7.59. The summed E-state index contributed by atoms with van der Waals surface area (Å²) in [7, 11) is -3.90. The summed E-state index contributed by atoms with van der Waals surface area (Å²) in [5.74, 6) is -3.08. The highest BCUT2D eigenvalue weighted by molar-refractivity contribution is 7.89. The van der Waals surface area contributed by atoms with Crippen LogP contribution in [0.25, 0.3) is 0 Å². The van der Waals surface area contributed by atoms with Crippen molar-refractivity contribution in [3.05, 3.63) is 54.1 Å². The fraction of sp³-hybridized carbons (Fsp3) is 0.286. The van der Waals surface area contributed by atoms with Crippen molar-refractivity contribution in [2.24, 2.45) is 11.1 Å². The molecule has 1 saturated heterocycles. The fourth-order valence-corrected chi connectivity index (χ4v) is 3.78. The van der Waals surface area contributed by atoms with Crippen LogP contribution in [0.15, 0.2) is 53.4 Å². The quantitative estimate of drug-likeness (QED) is 0.586. The highest BCUT2D eigenvalue weighted by atomic mass is 32.2. The third kappa shape index (κ3) is 5.91. The Hall–Kier alpha value is -3.45. The van der Waals surface area contributed by atoms with E-state index >= 15 is 0 Å². The largest absolute Gasteiger partial charge is 0.452 e. The lowest BCUT2D eigenvalue weighted by Gasteiger charge is -2.19. The highest BCUT2D eigenvalue weighted by Gasteiger charge is 2.38. The van der Waals surface area contributed by atoms with Crippen molar-refractivity contribution in [3.63, 3.8) is 0 Å². The molecule has 9 nitrogen and oxygen atoms in total. The van der Waals surface area contributed by atoms with Gasteiger partial charge in [-0.25, -0.2) is 13.6 Å². The smallest absolute Gasteiger partial charge is 0.416 e. The molecule has 34 heavy (non-hydrogen) atoms. The molecular weight excluding hydrogens is 479 g/mol. The van der Waals surface area contributed by atoms with Crippen molar-refractivity contribution in [1.29, 1.82) is 0 Å². The maximum absolute atomic E-state index is 13.0. The van der Waals surface area contributed by atoms with E-state index < -0.39 is 51.6 Å². The van der Waals surface area contributed by atoms with Crippen LogP contribution in [0.1, 0.15) is 18.9 Å². The van der Waals surface area contributed by atoms with Crippen LogP contribution in [-0.4, -0.2) is 38.9 Å². The first-order valence-electron chi connectivity index (χ1n) is 9.87. The zero-order chi connectivity index (χ0) is 25.3. The highest BCUT2D eigenvalue weighted by Crippen LogP contribution is 2.33. The Balaban J connectivity index is 1.60. The molecule has 1 aliphatic rings. The number of hydrogen-bond acceptors (Lipinski definition) is 6. The summed E-state index contributed by atoms with van der Waals surface area (Å²) in [5, 5.41) is 7.45. The van der Waals surface area contributed by atoms with Gasteiger partial charge in [0, 0.05) is 24.3 Å². The van der Waals surface area contributed by atoms with Gasteiger partial charge in [-0.05, 0) is 49.4 Å². The van der Waals surface area contributed by atoms with Crippen LogP contribution in [0.4, 0.5) is 24.5 Å². The molecule has 3 rings (SSSR count). The van der Waals surface area contributed by atoms with Gasteiger partial charge in [-0.3, -0.25) is 14.4 Å². The number of primary sulfonamides is 1. The molecule has 0 unspecified atom stereocenters. The first-order chi connectivity index (χ1) is 15.8. The second kappa shape index (κ2) is 9.43. The van der Waals surface area contributed by atoms with E-state index in [9.17, 15) is 36.0 Å². The van der Waals surface area contributed by atoms with E-state index in [4.69, 9.17) is 9.88 Å². The third-order valence-corrected chi connectivity index (χ3v) is 5.99. The Labute approximate surface area is 192 Å². The van der Waals surface area contributed by atoms with E-state index in [-0.39, 0.29) is 29.2 Å². The van der Waals surface area contributed by atoms with Crippen LogP contribution in [0, 0.1) is 5.92 Å². The number of ether oxygens (including phenoxy) is 1. The number of esters is 1. The number of nitrogens with zero attached hydrogens (tertiary/aromatic N) is 1. The first kappa shape index (κ1) is 25.2. The predicted octanol–water partition coefficient (Wildman–Crippen LogP) is 2.28. The van der Waals surface area contributed by atoms with Gasteiger partial charge in [-0.1, -0.05) is 6.07 Å². The molecule has 2 aromatic rings. The number of hydrogen-bond donors (Lipinski definition) is 2. The van der Waals surface area contributed by atoms with Gasteiger partial charge in [-0.15, -0.1) is 0 Å². The van der Waals surface area contributed by atoms with Gasteiger partial charge < -0.3 is 15.0 Å². The number of sulfonamides is 1. The maximum atomic E-state index is 13.0. The summed E-state index contributed by atoms with van der Waals surface area (Å²) in [4.78, 5) is 38.0. The number of nitrogens with one attached hydrogen (secondary N) is 1. The molecule has 0 aliphatic carbocycles.